The van der Waals surface area contributed by atoms with E-state index >= 15 is 0 Å². The molecule has 8 heteroatoms. The van der Waals surface area contributed by atoms with E-state index in [1.807, 2.05) is 13.0 Å². The van der Waals surface area contributed by atoms with E-state index in [-0.39, 0.29) is 17.0 Å². The lowest BCUT2D eigenvalue weighted by Crippen LogP contribution is -2.61. The number of rotatable bonds is 8. The van der Waals surface area contributed by atoms with Gasteiger partial charge in [0, 0.05) is 18.3 Å². The lowest BCUT2D eigenvalue weighted by molar-refractivity contribution is -0.157. The van der Waals surface area contributed by atoms with Crippen LogP contribution in [0.5, 0.6) is 0 Å². The molecule has 1 aromatic rings. The van der Waals surface area contributed by atoms with Gasteiger partial charge in [0.25, 0.3) is 0 Å². The van der Waals surface area contributed by atoms with Gasteiger partial charge in [0.1, 0.15) is 5.37 Å². The molecule has 162 valence electrons. The second-order valence-corrected chi connectivity index (χ2v) is 10.5. The third-order valence-electron chi connectivity index (χ3n) is 6.17. The zero-order valence-corrected chi connectivity index (χ0v) is 18.7. The fourth-order valence-electron chi connectivity index (χ4n) is 4.46. The number of thioether (sulfide) groups is 2. The summed E-state index contributed by atoms with van der Waals surface area (Å²) in [6.45, 7) is 3.80. The summed E-state index contributed by atoms with van der Waals surface area (Å²) in [6, 6.07) is 10.8. The molecule has 0 bridgehead atoms. The predicted molar refractivity (Wildman–Crippen MR) is 120 cm³/mol. The molecule has 0 radical (unpaired) electrons. The molecule has 3 heterocycles. The van der Waals surface area contributed by atoms with Crippen LogP contribution in [0.15, 0.2) is 40.3 Å². The Bertz CT molecular complexity index is 832. The smallest absolute Gasteiger partial charge is 0.354 e. The van der Waals surface area contributed by atoms with Crippen molar-refractivity contribution in [2.45, 2.75) is 56.7 Å². The Morgan fingerprint density at radius 3 is 2.77 bits per heavy atom. The molecule has 0 saturated carbocycles. The van der Waals surface area contributed by atoms with Gasteiger partial charge in [-0.15, -0.1) is 11.8 Å². The molecule has 2 fully saturated rings. The molecule has 0 aromatic heterocycles. The summed E-state index contributed by atoms with van der Waals surface area (Å²) in [5, 5.41) is 19.6. The number of hydrogen-bond donors (Lipinski definition) is 2. The van der Waals surface area contributed by atoms with Crippen molar-refractivity contribution in [3.8, 4) is 0 Å². The lowest BCUT2D eigenvalue weighted by Gasteiger charge is -2.44. The summed E-state index contributed by atoms with van der Waals surface area (Å²) in [6.07, 6.45) is 3.25. The summed E-state index contributed by atoms with van der Waals surface area (Å²) < 4.78 is 0.705. The predicted octanol–water partition coefficient (Wildman–Crippen LogP) is 3.33. The van der Waals surface area contributed by atoms with E-state index in [4.69, 9.17) is 0 Å². The van der Waals surface area contributed by atoms with Crippen LogP contribution < -0.4 is 0 Å². The van der Waals surface area contributed by atoms with Gasteiger partial charge in [-0.25, -0.2) is 4.79 Å². The van der Waals surface area contributed by atoms with Crippen molar-refractivity contribution in [3.05, 3.63) is 45.8 Å². The standard InChI is InChI=1S/C22H28N2O4S2/c1-2-16(25)17-19(26)24-18(21(27)28)22(30-20(17)24)29-13-15-10-6-7-11-23(15)12-14-8-4-3-5-9-14/h3-5,8-9,15-17,20,25H,2,6-7,10-13H2,1H3,(H,27,28). The van der Waals surface area contributed by atoms with Crippen molar-refractivity contribution in [1.29, 1.82) is 0 Å². The number of benzene rings is 1. The highest BCUT2D eigenvalue weighted by Gasteiger charge is 2.58. The zero-order valence-electron chi connectivity index (χ0n) is 17.1. The molecule has 4 rings (SSSR count). The molecule has 3 aliphatic rings. The van der Waals surface area contributed by atoms with E-state index in [0.717, 1.165) is 25.3 Å². The number of likely N-dealkylation sites (tertiary alicyclic amines) is 1. The third-order valence-corrected chi connectivity index (χ3v) is 8.97. The van der Waals surface area contributed by atoms with Gasteiger partial charge in [-0.3, -0.25) is 14.6 Å². The van der Waals surface area contributed by atoms with Gasteiger partial charge in [-0.05, 0) is 31.4 Å². The maximum atomic E-state index is 12.5. The summed E-state index contributed by atoms with van der Waals surface area (Å²) in [7, 11) is 0. The number of carboxylic acid groups (broad SMARTS) is 1. The van der Waals surface area contributed by atoms with Crippen LogP contribution in [0.3, 0.4) is 0 Å². The number of aliphatic hydroxyl groups excluding tert-OH is 1. The summed E-state index contributed by atoms with van der Waals surface area (Å²) in [5.41, 5.74) is 1.39. The van der Waals surface area contributed by atoms with Crippen molar-refractivity contribution in [2.24, 2.45) is 5.92 Å². The van der Waals surface area contributed by atoms with E-state index < -0.39 is 18.0 Å². The Kier molecular flexibility index (Phi) is 6.77. The first-order valence-electron chi connectivity index (χ1n) is 10.6. The summed E-state index contributed by atoms with van der Waals surface area (Å²) >= 11 is 2.99. The minimum absolute atomic E-state index is 0.102. The number of nitrogens with zero attached hydrogens (tertiary/aromatic N) is 2. The summed E-state index contributed by atoms with van der Waals surface area (Å²) in [4.78, 5) is 28.3. The fourth-order valence-corrected chi connectivity index (χ4v) is 7.55. The first-order valence-corrected chi connectivity index (χ1v) is 12.4. The van der Waals surface area contributed by atoms with E-state index in [0.29, 0.717) is 16.7 Å². The zero-order chi connectivity index (χ0) is 21.3. The number of β-lactam (4-membered cyclic amide) rings is 1. The van der Waals surface area contributed by atoms with Crippen molar-refractivity contribution in [2.75, 3.05) is 12.3 Å². The van der Waals surface area contributed by atoms with Crippen LogP contribution in [0.25, 0.3) is 0 Å². The molecular weight excluding hydrogens is 420 g/mol. The normalized spacial score (nSPS) is 27.7. The number of piperidine rings is 1. The Hall–Kier alpha value is -1.48. The molecule has 4 unspecified atom stereocenters. The van der Waals surface area contributed by atoms with Gasteiger partial charge < -0.3 is 10.2 Å². The molecule has 6 nitrogen and oxygen atoms in total. The maximum absolute atomic E-state index is 12.5. The van der Waals surface area contributed by atoms with Crippen LogP contribution in [-0.4, -0.2) is 61.7 Å². The number of carboxylic acids is 1. The second kappa shape index (κ2) is 9.34. The Morgan fingerprint density at radius 1 is 1.30 bits per heavy atom. The van der Waals surface area contributed by atoms with Crippen LogP contribution >= 0.6 is 23.5 Å². The summed E-state index contributed by atoms with van der Waals surface area (Å²) in [5.74, 6) is -1.02. The van der Waals surface area contributed by atoms with E-state index in [1.54, 1.807) is 11.8 Å². The van der Waals surface area contributed by atoms with Crippen molar-refractivity contribution < 1.29 is 19.8 Å². The highest BCUT2D eigenvalue weighted by molar-refractivity contribution is 8.22. The number of carbonyl (C=O) groups excluding carboxylic acids is 1. The topological polar surface area (TPSA) is 81.1 Å². The van der Waals surface area contributed by atoms with Gasteiger partial charge in [-0.1, -0.05) is 55.4 Å². The van der Waals surface area contributed by atoms with E-state index in [1.165, 1.54) is 35.1 Å². The van der Waals surface area contributed by atoms with Gasteiger partial charge in [-0.2, -0.15) is 0 Å². The molecule has 1 amide bonds. The highest BCUT2D eigenvalue weighted by Crippen LogP contribution is 2.54. The molecule has 1 aromatic carbocycles. The molecule has 0 aliphatic carbocycles. The molecular formula is C22H28N2O4S2. The minimum atomic E-state index is -1.06. The number of aliphatic carboxylic acids is 1. The van der Waals surface area contributed by atoms with Crippen molar-refractivity contribution in [1.82, 2.24) is 9.80 Å². The van der Waals surface area contributed by atoms with Gasteiger partial charge in [0.05, 0.1) is 16.3 Å². The van der Waals surface area contributed by atoms with Crippen molar-refractivity contribution in [3.63, 3.8) is 0 Å². The van der Waals surface area contributed by atoms with Gasteiger partial charge in [0.2, 0.25) is 5.91 Å². The molecule has 0 spiro atoms. The number of amides is 1. The van der Waals surface area contributed by atoms with Gasteiger partial charge in [0.15, 0.2) is 5.70 Å². The number of aliphatic hydroxyl groups is 1. The Labute approximate surface area is 185 Å². The molecule has 2 saturated heterocycles. The maximum Gasteiger partial charge on any atom is 0.354 e. The largest absolute Gasteiger partial charge is 0.477 e. The van der Waals surface area contributed by atoms with Crippen LogP contribution in [0, 0.1) is 5.92 Å². The number of hydrogen-bond acceptors (Lipinski definition) is 6. The monoisotopic (exact) mass is 448 g/mol. The first-order chi connectivity index (χ1) is 14.5. The van der Waals surface area contributed by atoms with Crippen LogP contribution in [0.4, 0.5) is 0 Å². The highest BCUT2D eigenvalue weighted by atomic mass is 32.2. The lowest BCUT2D eigenvalue weighted by atomic mass is 9.90. The average molecular weight is 449 g/mol. The van der Waals surface area contributed by atoms with Crippen LogP contribution in [0.2, 0.25) is 0 Å². The minimum Gasteiger partial charge on any atom is -0.477 e. The number of fused-ring (bicyclic) bond motifs is 1. The van der Waals surface area contributed by atoms with Crippen LogP contribution in [-0.2, 0) is 16.1 Å². The quantitative estimate of drug-likeness (QED) is 0.591. The Morgan fingerprint density at radius 2 is 2.07 bits per heavy atom. The molecule has 30 heavy (non-hydrogen) atoms. The first kappa shape index (κ1) is 21.7. The van der Waals surface area contributed by atoms with E-state index in [2.05, 4.69) is 29.2 Å². The third kappa shape index (κ3) is 4.15. The van der Waals surface area contributed by atoms with E-state index in [9.17, 15) is 19.8 Å². The van der Waals surface area contributed by atoms with Gasteiger partial charge >= 0.3 is 5.97 Å². The SMILES string of the molecule is CCC(O)C1C(=O)N2C(C(=O)O)=C(SCC3CCCCN3Cc3ccccc3)SC12. The van der Waals surface area contributed by atoms with Crippen LogP contribution in [0.1, 0.15) is 38.2 Å². The molecule has 2 N–H and O–H groups in total. The number of carbonyl (C=O) groups is 2. The van der Waals surface area contributed by atoms with Crippen molar-refractivity contribution >= 4 is 35.4 Å². The fraction of sp³-hybridized carbons (Fsp3) is 0.545. The average Bonchev–Trinajstić information content (AvgIpc) is 3.08. The molecule has 3 aliphatic heterocycles. The molecule has 4 atom stereocenters. The Balaban J connectivity index is 1.44. The second-order valence-electron chi connectivity index (χ2n) is 8.08.